The molecule has 3 N–H and O–H groups in total. The van der Waals surface area contributed by atoms with Gasteiger partial charge in [-0.3, -0.25) is 9.59 Å². The van der Waals surface area contributed by atoms with Crippen LogP contribution in [0.1, 0.15) is 49.4 Å². The minimum Gasteiger partial charge on any atom is -0.456 e. The normalized spacial score (nSPS) is 18.7. The molecule has 1 saturated heterocycles. The number of carbonyl (C=O) groups is 4. The molecular weight excluding hydrogens is 733 g/mol. The van der Waals surface area contributed by atoms with Crippen LogP contribution < -0.4 is 10.6 Å². The third-order valence-electron chi connectivity index (χ3n) is 8.89. The second-order valence-electron chi connectivity index (χ2n) is 12.9. The Bertz CT molecular complexity index is 2070. The Hall–Kier alpha value is -6.09. The van der Waals surface area contributed by atoms with Crippen molar-refractivity contribution in [3.05, 3.63) is 160 Å². The van der Waals surface area contributed by atoms with Gasteiger partial charge < -0.3 is 34.7 Å². The second-order valence-corrected chi connectivity index (χ2v) is 12.9. The molecule has 0 unspecified atom stereocenters. The Balaban J connectivity index is 1.25. The largest absolute Gasteiger partial charge is 0.456 e. The van der Waals surface area contributed by atoms with Crippen LogP contribution in [0.4, 0.5) is 13.2 Å². The zero-order chi connectivity index (χ0) is 39.7. The van der Waals surface area contributed by atoms with Crippen molar-refractivity contribution in [3.8, 4) is 0 Å². The van der Waals surface area contributed by atoms with E-state index in [1.807, 2.05) is 60.7 Å². The quantitative estimate of drug-likeness (QED) is 0.120. The number of benzene rings is 4. The van der Waals surface area contributed by atoms with Gasteiger partial charge in [-0.15, -0.1) is 0 Å². The second kappa shape index (κ2) is 17.6. The predicted molar refractivity (Wildman–Crippen MR) is 196 cm³/mol. The van der Waals surface area contributed by atoms with Crippen molar-refractivity contribution in [3.63, 3.8) is 0 Å². The molecular formula is C42H37F3N2O9. The third-order valence-corrected chi connectivity index (χ3v) is 8.89. The highest BCUT2D eigenvalue weighted by Gasteiger charge is 2.55. The molecule has 290 valence electrons. The van der Waals surface area contributed by atoms with Gasteiger partial charge >= 0.3 is 18.1 Å². The highest BCUT2D eigenvalue weighted by molar-refractivity contribution is 5.95. The fourth-order valence-electron chi connectivity index (χ4n) is 6.32. The molecule has 2 amide bonds. The maximum Gasteiger partial charge on any atom is 0.422 e. The van der Waals surface area contributed by atoms with E-state index in [1.165, 1.54) is 30.3 Å². The third kappa shape index (κ3) is 9.76. The molecule has 1 aliphatic carbocycles. The molecule has 1 fully saturated rings. The van der Waals surface area contributed by atoms with E-state index in [4.69, 9.17) is 19.3 Å². The Morgan fingerprint density at radius 1 is 0.821 bits per heavy atom. The van der Waals surface area contributed by atoms with E-state index in [2.05, 4.69) is 15.4 Å². The first-order chi connectivity index (χ1) is 26.9. The predicted octanol–water partition coefficient (Wildman–Crippen LogP) is 5.38. The van der Waals surface area contributed by atoms with Crippen LogP contribution in [0.15, 0.2) is 127 Å². The van der Waals surface area contributed by atoms with E-state index in [9.17, 15) is 32.3 Å². The first-order valence-corrected chi connectivity index (χ1v) is 17.6. The summed E-state index contributed by atoms with van der Waals surface area (Å²) in [6, 6.07) is 31.0. The molecule has 14 heteroatoms. The average molecular weight is 771 g/mol. The summed E-state index contributed by atoms with van der Waals surface area (Å²) in [5.74, 6) is -4.28. The first kappa shape index (κ1) is 39.6. The minimum atomic E-state index is -4.68. The highest BCUT2D eigenvalue weighted by atomic mass is 19.4. The number of alkyl halides is 3. The van der Waals surface area contributed by atoms with Gasteiger partial charge in [-0.1, -0.05) is 84.9 Å². The lowest BCUT2D eigenvalue weighted by molar-refractivity contribution is -0.182. The van der Waals surface area contributed by atoms with Gasteiger partial charge in [-0.05, 0) is 47.5 Å². The van der Waals surface area contributed by atoms with Crippen LogP contribution >= 0.6 is 0 Å². The molecule has 4 aromatic carbocycles. The lowest BCUT2D eigenvalue weighted by Gasteiger charge is -2.31. The standard InChI is InChI=1S/C42H37F3N2O9/c43-41(44,45)26-53-36(49)18-17-27-9-7-12-30(21-27)40(52)54-34-23-31(39(51)47-25-28-10-8-11-29(22-28)38(50)46-19-20-48)24-35-37(34)56-42(55-35,32-13-3-1-4-14-32)33-15-5-2-6-16-33/h1-18,21-22,24,34-35,37,48H,19-20,23,25-26H2,(H,46,50)(H,47,51)/t34-,35-,37+/m1/s1. The van der Waals surface area contributed by atoms with Gasteiger partial charge in [0.05, 0.1) is 12.2 Å². The van der Waals surface area contributed by atoms with Crippen molar-refractivity contribution in [2.24, 2.45) is 0 Å². The summed E-state index contributed by atoms with van der Waals surface area (Å²) >= 11 is 0. The molecule has 0 spiro atoms. The lowest BCUT2D eigenvalue weighted by atomic mass is 9.91. The van der Waals surface area contributed by atoms with Crippen LogP contribution in [0, 0.1) is 0 Å². The number of fused-ring (bicyclic) bond motifs is 1. The van der Waals surface area contributed by atoms with Crippen molar-refractivity contribution in [2.45, 2.75) is 43.2 Å². The Morgan fingerprint density at radius 3 is 2.18 bits per heavy atom. The molecule has 1 heterocycles. The van der Waals surface area contributed by atoms with Crippen LogP contribution in [0.3, 0.4) is 0 Å². The molecule has 11 nitrogen and oxygen atoms in total. The van der Waals surface area contributed by atoms with Crippen LogP contribution in [0.25, 0.3) is 6.08 Å². The molecule has 3 atom stereocenters. The van der Waals surface area contributed by atoms with E-state index in [1.54, 1.807) is 30.3 Å². The zero-order valence-electron chi connectivity index (χ0n) is 29.7. The van der Waals surface area contributed by atoms with Gasteiger partial charge in [0.25, 0.3) is 5.91 Å². The molecule has 1 aliphatic heterocycles. The van der Waals surface area contributed by atoms with Gasteiger partial charge in [-0.2, -0.15) is 13.2 Å². The van der Waals surface area contributed by atoms with Crippen molar-refractivity contribution < 1.29 is 56.4 Å². The van der Waals surface area contributed by atoms with Gasteiger partial charge in [0.2, 0.25) is 11.7 Å². The summed E-state index contributed by atoms with van der Waals surface area (Å²) in [5, 5.41) is 14.5. The summed E-state index contributed by atoms with van der Waals surface area (Å²) < 4.78 is 61.1. The molecule has 6 rings (SSSR count). The Labute approximate surface area is 319 Å². The average Bonchev–Trinajstić information content (AvgIpc) is 3.62. The summed E-state index contributed by atoms with van der Waals surface area (Å²) in [6.45, 7) is -1.79. The molecule has 56 heavy (non-hydrogen) atoms. The monoisotopic (exact) mass is 770 g/mol. The van der Waals surface area contributed by atoms with Crippen LogP contribution in [0.5, 0.6) is 0 Å². The highest BCUT2D eigenvalue weighted by Crippen LogP contribution is 2.47. The van der Waals surface area contributed by atoms with Gasteiger partial charge in [-0.25, -0.2) is 9.59 Å². The summed E-state index contributed by atoms with van der Waals surface area (Å²) in [4.78, 5) is 51.7. The van der Waals surface area contributed by atoms with E-state index in [0.29, 0.717) is 27.8 Å². The number of hydrogen-bond donors (Lipinski definition) is 3. The molecule has 4 aromatic rings. The van der Waals surface area contributed by atoms with Crippen LogP contribution in [-0.2, 0) is 40.9 Å². The number of halogens is 3. The minimum absolute atomic E-state index is 0.0595. The summed E-state index contributed by atoms with van der Waals surface area (Å²) in [5.41, 5.74) is 2.97. The number of esters is 2. The lowest BCUT2D eigenvalue weighted by Crippen LogP contribution is -2.43. The van der Waals surface area contributed by atoms with Gasteiger partial charge in [0.15, 0.2) is 6.61 Å². The summed E-state index contributed by atoms with van der Waals surface area (Å²) in [6.07, 6.45) is -3.84. The fraction of sp³-hybridized carbons (Fsp3) is 0.238. The van der Waals surface area contributed by atoms with E-state index >= 15 is 0 Å². The van der Waals surface area contributed by atoms with Crippen LogP contribution in [-0.4, -0.2) is 73.1 Å². The van der Waals surface area contributed by atoms with Gasteiger partial charge in [0, 0.05) is 47.8 Å². The number of nitrogens with one attached hydrogen (secondary N) is 2. The number of carbonyl (C=O) groups excluding carboxylic acids is 4. The van der Waals surface area contributed by atoms with E-state index in [-0.39, 0.29) is 43.2 Å². The number of aliphatic hydroxyl groups is 1. The number of amides is 2. The van der Waals surface area contributed by atoms with E-state index < -0.39 is 54.7 Å². The van der Waals surface area contributed by atoms with Crippen molar-refractivity contribution >= 4 is 29.8 Å². The smallest absolute Gasteiger partial charge is 0.422 e. The number of aliphatic hydroxyl groups excluding tert-OH is 1. The zero-order valence-corrected chi connectivity index (χ0v) is 29.7. The fourth-order valence-corrected chi connectivity index (χ4v) is 6.32. The van der Waals surface area contributed by atoms with Crippen molar-refractivity contribution in [2.75, 3.05) is 19.8 Å². The number of rotatable bonds is 13. The molecule has 0 radical (unpaired) electrons. The van der Waals surface area contributed by atoms with Crippen molar-refractivity contribution in [1.82, 2.24) is 10.6 Å². The van der Waals surface area contributed by atoms with Gasteiger partial charge in [0.1, 0.15) is 18.3 Å². The van der Waals surface area contributed by atoms with E-state index in [0.717, 1.165) is 6.08 Å². The topological polar surface area (TPSA) is 149 Å². The molecule has 2 aliphatic rings. The Kier molecular flexibility index (Phi) is 12.4. The number of ether oxygens (including phenoxy) is 4. The maximum atomic E-state index is 13.8. The molecule has 0 bridgehead atoms. The Morgan fingerprint density at radius 2 is 1.50 bits per heavy atom. The van der Waals surface area contributed by atoms with Crippen LogP contribution in [0.2, 0.25) is 0 Å². The first-order valence-electron chi connectivity index (χ1n) is 17.6. The molecule has 0 aromatic heterocycles. The SMILES string of the molecule is O=C(C=Cc1cccc(C(=O)O[C@@H]2CC(C(=O)NCc3cccc(C(=O)NCCO)c3)=C[C@H]3OC(c4ccccc4)(c4ccccc4)O[C@H]32)c1)OCC(F)(F)F. The maximum absolute atomic E-state index is 13.8. The molecule has 0 saturated carbocycles. The number of hydrogen-bond acceptors (Lipinski definition) is 9. The summed E-state index contributed by atoms with van der Waals surface area (Å²) in [7, 11) is 0. The van der Waals surface area contributed by atoms with Crippen molar-refractivity contribution in [1.29, 1.82) is 0 Å².